The molecule has 12 heteroatoms. The van der Waals surface area contributed by atoms with Gasteiger partial charge < -0.3 is 37.6 Å². The number of aromatic hydroxyl groups is 1. The van der Waals surface area contributed by atoms with Gasteiger partial charge in [0.25, 0.3) is 0 Å². The van der Waals surface area contributed by atoms with Gasteiger partial charge in [0.2, 0.25) is 11.8 Å². The van der Waals surface area contributed by atoms with Crippen LogP contribution in [-0.4, -0.2) is 39.3 Å². The molecule has 3 aromatic heterocycles. The predicted octanol–water partition coefficient (Wildman–Crippen LogP) is 8.57. The van der Waals surface area contributed by atoms with Gasteiger partial charge in [0, 0.05) is 0 Å². The molecule has 0 aliphatic carbocycles. The van der Waals surface area contributed by atoms with E-state index in [1.807, 2.05) is 66.7 Å². The first-order valence-electron chi connectivity index (χ1n) is 14.4. The van der Waals surface area contributed by atoms with Gasteiger partial charge in [0.05, 0.1) is 32.7 Å². The zero-order chi connectivity index (χ0) is 33.1. The number of aromatic nitrogens is 4. The second kappa shape index (κ2) is 15.0. The molecule has 7 rings (SSSR count). The Balaban J connectivity index is 0.000000182. The molecule has 0 unspecified atom stereocenters. The first kappa shape index (κ1) is 31.2. The van der Waals surface area contributed by atoms with E-state index in [0.29, 0.717) is 63.2 Å². The van der Waals surface area contributed by atoms with Crippen molar-refractivity contribution in [1.29, 1.82) is 0 Å². The lowest BCUT2D eigenvalue weighted by Gasteiger charge is -2.14. The van der Waals surface area contributed by atoms with Gasteiger partial charge in [-0.05, 0) is 48.5 Å². The van der Waals surface area contributed by atoms with Crippen LogP contribution in [0.15, 0.2) is 137 Å². The Labute approximate surface area is 274 Å². The summed E-state index contributed by atoms with van der Waals surface area (Å²) in [5.74, 6) is 4.47. The fourth-order valence-corrected chi connectivity index (χ4v) is 4.42. The Kier molecular flexibility index (Phi) is 9.73. The maximum atomic E-state index is 9.97. The van der Waals surface area contributed by atoms with E-state index in [-0.39, 0.29) is 11.8 Å². The van der Waals surface area contributed by atoms with Crippen molar-refractivity contribution in [3.8, 4) is 74.9 Å². The predicted molar refractivity (Wildman–Crippen MR) is 174 cm³/mol. The highest BCUT2D eigenvalue weighted by molar-refractivity contribution is 5.74. The fraction of sp³-hybridized carbons (Fsp3) is 0.0556. The van der Waals surface area contributed by atoms with Crippen LogP contribution in [-0.2, 0) is 0 Å². The highest BCUT2D eigenvalue weighted by atomic mass is 16.5. The monoisotopic (exact) mass is 644 g/mol. The standard InChI is InChI=1S/C21H17N3O5.C15H11NO3/c1-25-18-11-19(26-2)24-21(23-18)29-16-10-6-9-15(20(16)17-12-22-13-27-17)28-14-7-4-3-5-8-14;17-12-7-4-8-13(15(12)14-9-16-10-18-14)19-11-5-2-1-3-6-11/h3-13H,1-2H3;1-10,17H. The Morgan fingerprint density at radius 1 is 0.542 bits per heavy atom. The summed E-state index contributed by atoms with van der Waals surface area (Å²) in [5, 5.41) is 9.97. The third-order valence-corrected chi connectivity index (χ3v) is 6.57. The van der Waals surface area contributed by atoms with Crippen LogP contribution in [0.4, 0.5) is 0 Å². The molecule has 0 radical (unpaired) electrons. The summed E-state index contributed by atoms with van der Waals surface area (Å²) < 4.78 is 38.8. The molecule has 0 aliphatic heterocycles. The highest BCUT2D eigenvalue weighted by Crippen LogP contribution is 2.42. The van der Waals surface area contributed by atoms with Crippen LogP contribution in [0.5, 0.6) is 52.3 Å². The third-order valence-electron chi connectivity index (χ3n) is 6.57. The summed E-state index contributed by atoms with van der Waals surface area (Å²) >= 11 is 0. The molecule has 0 fully saturated rings. The number of hydrogen-bond donors (Lipinski definition) is 1. The van der Waals surface area contributed by atoms with Crippen LogP contribution in [0.25, 0.3) is 22.6 Å². The van der Waals surface area contributed by atoms with Crippen molar-refractivity contribution in [3.05, 3.63) is 128 Å². The van der Waals surface area contributed by atoms with E-state index in [2.05, 4.69) is 19.9 Å². The molecule has 4 aromatic carbocycles. The minimum Gasteiger partial charge on any atom is -0.507 e. The lowest BCUT2D eigenvalue weighted by atomic mass is 10.1. The van der Waals surface area contributed by atoms with E-state index in [9.17, 15) is 5.11 Å². The summed E-state index contributed by atoms with van der Waals surface area (Å²) in [7, 11) is 3.00. The zero-order valence-corrected chi connectivity index (χ0v) is 25.7. The van der Waals surface area contributed by atoms with Gasteiger partial charge in [-0.15, -0.1) is 0 Å². The number of ether oxygens (including phenoxy) is 5. The van der Waals surface area contributed by atoms with Gasteiger partial charge in [0.15, 0.2) is 24.3 Å². The smallest absolute Gasteiger partial charge is 0.328 e. The lowest BCUT2D eigenvalue weighted by molar-refractivity contribution is 0.347. The number of hydrogen-bond acceptors (Lipinski definition) is 12. The third kappa shape index (κ3) is 7.51. The van der Waals surface area contributed by atoms with Gasteiger partial charge in [-0.25, -0.2) is 9.97 Å². The zero-order valence-electron chi connectivity index (χ0n) is 25.7. The molecule has 48 heavy (non-hydrogen) atoms. The molecule has 0 saturated carbocycles. The van der Waals surface area contributed by atoms with Crippen LogP contribution < -0.4 is 23.7 Å². The Hall–Kier alpha value is -6.82. The number of para-hydroxylation sites is 2. The minimum absolute atomic E-state index is 0.0545. The Morgan fingerprint density at radius 2 is 1.02 bits per heavy atom. The first-order chi connectivity index (χ1) is 23.6. The molecule has 0 saturated heterocycles. The van der Waals surface area contributed by atoms with E-state index in [4.69, 9.17) is 32.5 Å². The first-order valence-corrected chi connectivity index (χ1v) is 14.4. The normalized spacial score (nSPS) is 10.4. The van der Waals surface area contributed by atoms with Crippen molar-refractivity contribution in [1.82, 2.24) is 19.9 Å². The molecule has 240 valence electrons. The van der Waals surface area contributed by atoms with Gasteiger partial charge in [0.1, 0.15) is 45.6 Å². The molecule has 0 aliphatic rings. The van der Waals surface area contributed by atoms with E-state index in [1.165, 1.54) is 33.2 Å². The van der Waals surface area contributed by atoms with Crippen LogP contribution in [0.2, 0.25) is 0 Å². The molecule has 1 N–H and O–H groups in total. The number of methoxy groups -OCH3 is 2. The van der Waals surface area contributed by atoms with E-state index < -0.39 is 0 Å². The quantitative estimate of drug-likeness (QED) is 0.152. The largest absolute Gasteiger partial charge is 0.507 e. The average molecular weight is 645 g/mol. The Morgan fingerprint density at radius 3 is 1.52 bits per heavy atom. The van der Waals surface area contributed by atoms with Gasteiger partial charge >= 0.3 is 6.01 Å². The van der Waals surface area contributed by atoms with Crippen LogP contribution in [0.3, 0.4) is 0 Å². The van der Waals surface area contributed by atoms with Crippen LogP contribution in [0, 0.1) is 0 Å². The van der Waals surface area contributed by atoms with Crippen molar-refractivity contribution < 1.29 is 37.6 Å². The Bertz CT molecular complexity index is 2020. The van der Waals surface area contributed by atoms with Crippen molar-refractivity contribution in [2.24, 2.45) is 0 Å². The molecule has 0 spiro atoms. The molecule has 3 heterocycles. The second-order valence-electron chi connectivity index (χ2n) is 9.68. The molecule has 0 atom stereocenters. The van der Waals surface area contributed by atoms with Crippen molar-refractivity contribution in [2.45, 2.75) is 0 Å². The van der Waals surface area contributed by atoms with Crippen molar-refractivity contribution in [3.63, 3.8) is 0 Å². The number of phenolic OH excluding ortho intramolecular Hbond substituents is 1. The number of oxazole rings is 2. The van der Waals surface area contributed by atoms with E-state index in [0.717, 1.165) is 0 Å². The maximum Gasteiger partial charge on any atom is 0.328 e. The summed E-state index contributed by atoms with van der Waals surface area (Å²) in [6.45, 7) is 0. The average Bonchev–Trinajstić information content (AvgIpc) is 3.85. The molecule has 12 nitrogen and oxygen atoms in total. The number of nitrogens with zero attached hydrogens (tertiary/aromatic N) is 4. The van der Waals surface area contributed by atoms with E-state index in [1.54, 1.807) is 42.6 Å². The van der Waals surface area contributed by atoms with Crippen LogP contribution in [0.1, 0.15) is 0 Å². The fourth-order valence-electron chi connectivity index (χ4n) is 4.42. The van der Waals surface area contributed by atoms with Crippen LogP contribution >= 0.6 is 0 Å². The molecular weight excluding hydrogens is 616 g/mol. The van der Waals surface area contributed by atoms with E-state index >= 15 is 0 Å². The van der Waals surface area contributed by atoms with Gasteiger partial charge in [-0.1, -0.05) is 48.5 Å². The molecular formula is C36H28N4O8. The number of rotatable bonds is 10. The molecule has 0 amide bonds. The van der Waals surface area contributed by atoms with Crippen molar-refractivity contribution >= 4 is 0 Å². The number of benzene rings is 4. The summed E-state index contributed by atoms with van der Waals surface area (Å²) in [5.41, 5.74) is 1.06. The highest BCUT2D eigenvalue weighted by Gasteiger charge is 2.20. The minimum atomic E-state index is 0.0545. The number of phenols is 1. The lowest BCUT2D eigenvalue weighted by Crippen LogP contribution is -1.99. The second-order valence-corrected chi connectivity index (χ2v) is 9.68. The maximum absolute atomic E-state index is 9.97. The summed E-state index contributed by atoms with van der Waals surface area (Å²) in [6.07, 6.45) is 5.76. The van der Waals surface area contributed by atoms with Crippen molar-refractivity contribution in [2.75, 3.05) is 14.2 Å². The summed E-state index contributed by atoms with van der Waals surface area (Å²) in [6, 6.07) is 30.8. The topological polar surface area (TPSA) is 144 Å². The van der Waals surface area contributed by atoms with Gasteiger partial charge in [-0.2, -0.15) is 9.97 Å². The molecule has 0 bridgehead atoms. The van der Waals surface area contributed by atoms with Gasteiger partial charge in [-0.3, -0.25) is 0 Å². The SMILES string of the molecule is COc1cc(OC)nc(Oc2cccc(Oc3ccccc3)c2-c2cnco2)n1.Oc1cccc(Oc2ccccc2)c1-c1cnco1. The summed E-state index contributed by atoms with van der Waals surface area (Å²) in [4.78, 5) is 16.3. The molecule has 7 aromatic rings.